The second-order valence-electron chi connectivity index (χ2n) is 13.2. The Labute approximate surface area is 192 Å². The van der Waals surface area contributed by atoms with Crippen LogP contribution < -0.4 is 0 Å². The monoisotopic (exact) mass is 430 g/mol. The molecule has 0 radical (unpaired) electrons. The van der Waals surface area contributed by atoms with Gasteiger partial charge in [-0.05, 0) is 110 Å². The molecular formula is C29H50O2. The van der Waals surface area contributed by atoms with Gasteiger partial charge in [0, 0.05) is 0 Å². The maximum atomic E-state index is 12.2. The lowest BCUT2D eigenvalue weighted by molar-refractivity contribution is -0.155. The van der Waals surface area contributed by atoms with E-state index in [2.05, 4.69) is 34.6 Å². The summed E-state index contributed by atoms with van der Waals surface area (Å²) in [7, 11) is 1.56. The number of methoxy groups -OCH3 is 1. The minimum absolute atomic E-state index is 0.0467. The van der Waals surface area contributed by atoms with Crippen molar-refractivity contribution in [1.29, 1.82) is 0 Å². The van der Waals surface area contributed by atoms with Gasteiger partial charge in [0.15, 0.2) is 0 Å². The van der Waals surface area contributed by atoms with Crippen LogP contribution >= 0.6 is 0 Å². The molecule has 2 nitrogen and oxygen atoms in total. The Kier molecular flexibility index (Phi) is 6.87. The first kappa shape index (κ1) is 23.6. The second kappa shape index (κ2) is 9.02. The Bertz CT molecular complexity index is 641. The van der Waals surface area contributed by atoms with Gasteiger partial charge in [-0.2, -0.15) is 0 Å². The quantitative estimate of drug-likeness (QED) is 0.400. The van der Waals surface area contributed by atoms with Gasteiger partial charge in [0.25, 0.3) is 0 Å². The minimum Gasteiger partial charge on any atom is -0.469 e. The van der Waals surface area contributed by atoms with E-state index in [1.54, 1.807) is 7.11 Å². The second-order valence-corrected chi connectivity index (χ2v) is 13.2. The molecule has 0 aromatic carbocycles. The largest absolute Gasteiger partial charge is 0.469 e. The smallest absolute Gasteiger partial charge is 0.308 e. The molecule has 9 unspecified atom stereocenters. The predicted octanol–water partition coefficient (Wildman–Crippen LogP) is 7.90. The van der Waals surface area contributed by atoms with Crippen molar-refractivity contribution in [3.63, 3.8) is 0 Å². The fraction of sp³-hybridized carbons (Fsp3) is 0.966. The van der Waals surface area contributed by atoms with Crippen molar-refractivity contribution in [2.75, 3.05) is 7.11 Å². The zero-order valence-corrected chi connectivity index (χ0v) is 21.4. The number of esters is 1. The molecule has 0 spiro atoms. The van der Waals surface area contributed by atoms with Crippen molar-refractivity contribution in [2.24, 2.45) is 58.2 Å². The average Bonchev–Trinajstić information content (AvgIpc) is 3.09. The molecule has 4 rings (SSSR count). The molecule has 9 atom stereocenters. The van der Waals surface area contributed by atoms with Crippen LogP contribution in [0.15, 0.2) is 0 Å². The minimum atomic E-state index is 0.0467. The van der Waals surface area contributed by atoms with E-state index < -0.39 is 0 Å². The van der Waals surface area contributed by atoms with Crippen LogP contribution in [0.3, 0.4) is 0 Å². The van der Waals surface area contributed by atoms with Crippen molar-refractivity contribution in [1.82, 2.24) is 0 Å². The van der Waals surface area contributed by atoms with Crippen LogP contribution in [0.2, 0.25) is 0 Å². The third-order valence-electron chi connectivity index (χ3n) is 11.4. The fourth-order valence-corrected chi connectivity index (χ4v) is 9.66. The molecule has 0 amide bonds. The molecule has 0 N–H and O–H groups in total. The summed E-state index contributed by atoms with van der Waals surface area (Å²) in [6, 6.07) is 0. The van der Waals surface area contributed by atoms with Crippen molar-refractivity contribution < 1.29 is 9.53 Å². The molecule has 0 aliphatic heterocycles. The van der Waals surface area contributed by atoms with Gasteiger partial charge in [0.05, 0.1) is 13.0 Å². The molecule has 4 fully saturated rings. The molecule has 0 heterocycles. The molecule has 178 valence electrons. The highest BCUT2D eigenvalue weighted by Gasteiger charge is 2.60. The first-order chi connectivity index (χ1) is 14.7. The Morgan fingerprint density at radius 3 is 2.32 bits per heavy atom. The van der Waals surface area contributed by atoms with Crippen LogP contribution in [0.25, 0.3) is 0 Å². The third kappa shape index (κ3) is 4.12. The highest BCUT2D eigenvalue weighted by atomic mass is 16.5. The summed E-state index contributed by atoms with van der Waals surface area (Å²) in [5.74, 6) is 6.45. The first-order valence-electron chi connectivity index (χ1n) is 13.8. The highest BCUT2D eigenvalue weighted by Crippen LogP contribution is 2.68. The van der Waals surface area contributed by atoms with Crippen LogP contribution in [-0.4, -0.2) is 13.1 Å². The summed E-state index contributed by atoms with van der Waals surface area (Å²) < 4.78 is 5.12. The zero-order chi connectivity index (χ0) is 22.4. The lowest BCUT2D eigenvalue weighted by atomic mass is 9.44. The maximum Gasteiger partial charge on any atom is 0.308 e. The number of ether oxygens (including phenoxy) is 1. The Hall–Kier alpha value is -0.530. The topological polar surface area (TPSA) is 26.3 Å². The fourth-order valence-electron chi connectivity index (χ4n) is 9.66. The van der Waals surface area contributed by atoms with Gasteiger partial charge in [-0.1, -0.05) is 53.9 Å². The standard InChI is InChI=1S/C29H50O2/c1-19(2)8-7-9-20(3)24-12-13-25-23-11-10-22-18-21(27(30)31-6)14-16-28(22,4)26(23)15-17-29(24,25)5/h19-26H,7-18H2,1-6H3. The van der Waals surface area contributed by atoms with Crippen molar-refractivity contribution in [3.8, 4) is 0 Å². The molecule has 4 saturated carbocycles. The number of rotatable bonds is 6. The van der Waals surface area contributed by atoms with E-state index in [-0.39, 0.29) is 11.9 Å². The summed E-state index contributed by atoms with van der Waals surface area (Å²) >= 11 is 0. The SMILES string of the molecule is COC(=O)C1CCC2(C)C(CCC3C2CCC2(C)C(C(C)CCCC(C)C)CCC32)C1. The van der Waals surface area contributed by atoms with E-state index >= 15 is 0 Å². The lowest BCUT2D eigenvalue weighted by Crippen LogP contribution is -2.54. The van der Waals surface area contributed by atoms with E-state index in [1.165, 1.54) is 64.2 Å². The lowest BCUT2D eigenvalue weighted by Gasteiger charge is -2.61. The molecule has 4 aliphatic carbocycles. The molecule has 2 heteroatoms. The Morgan fingerprint density at radius 2 is 1.61 bits per heavy atom. The summed E-state index contributed by atoms with van der Waals surface area (Å²) in [5.41, 5.74) is 1.06. The van der Waals surface area contributed by atoms with E-state index in [4.69, 9.17) is 4.74 Å². The third-order valence-corrected chi connectivity index (χ3v) is 11.4. The summed E-state index contributed by atoms with van der Waals surface area (Å²) in [6.07, 6.45) is 16.3. The van der Waals surface area contributed by atoms with Gasteiger partial charge in [-0.3, -0.25) is 4.79 Å². The molecule has 0 aromatic heterocycles. The molecular weight excluding hydrogens is 380 g/mol. The molecule has 0 aromatic rings. The Morgan fingerprint density at radius 1 is 0.903 bits per heavy atom. The first-order valence-corrected chi connectivity index (χ1v) is 13.8. The molecule has 0 saturated heterocycles. The highest BCUT2D eigenvalue weighted by molar-refractivity contribution is 5.72. The van der Waals surface area contributed by atoms with Crippen LogP contribution in [0, 0.1) is 58.2 Å². The number of carbonyl (C=O) groups is 1. The van der Waals surface area contributed by atoms with E-state index in [1.807, 2.05) is 0 Å². The van der Waals surface area contributed by atoms with Crippen molar-refractivity contribution in [2.45, 2.75) is 112 Å². The van der Waals surface area contributed by atoms with Gasteiger partial charge in [-0.15, -0.1) is 0 Å². The van der Waals surface area contributed by atoms with Crippen molar-refractivity contribution in [3.05, 3.63) is 0 Å². The molecule has 31 heavy (non-hydrogen) atoms. The van der Waals surface area contributed by atoms with Gasteiger partial charge in [-0.25, -0.2) is 0 Å². The number of fused-ring (bicyclic) bond motifs is 5. The van der Waals surface area contributed by atoms with Crippen molar-refractivity contribution >= 4 is 5.97 Å². The molecule has 0 bridgehead atoms. The summed E-state index contributed by atoms with van der Waals surface area (Å²) in [5, 5.41) is 0. The Balaban J connectivity index is 1.44. The zero-order valence-electron chi connectivity index (χ0n) is 21.4. The van der Waals surface area contributed by atoms with Crippen LogP contribution in [0.4, 0.5) is 0 Å². The van der Waals surface area contributed by atoms with Gasteiger partial charge in [0.2, 0.25) is 0 Å². The number of carbonyl (C=O) groups excluding carboxylic acids is 1. The van der Waals surface area contributed by atoms with Crippen LogP contribution in [0.1, 0.15) is 112 Å². The normalized spacial score (nSPS) is 45.5. The summed E-state index contributed by atoms with van der Waals surface area (Å²) in [4.78, 5) is 12.2. The van der Waals surface area contributed by atoms with Gasteiger partial charge >= 0.3 is 5.97 Å². The van der Waals surface area contributed by atoms with E-state index in [0.717, 1.165) is 54.3 Å². The van der Waals surface area contributed by atoms with Gasteiger partial charge in [0.1, 0.15) is 0 Å². The van der Waals surface area contributed by atoms with Crippen LogP contribution in [0.5, 0.6) is 0 Å². The average molecular weight is 431 g/mol. The van der Waals surface area contributed by atoms with E-state index in [0.29, 0.717) is 10.8 Å². The number of hydrogen-bond donors (Lipinski definition) is 0. The van der Waals surface area contributed by atoms with Crippen LogP contribution in [-0.2, 0) is 9.53 Å². The number of hydrogen-bond acceptors (Lipinski definition) is 2. The molecule has 4 aliphatic rings. The van der Waals surface area contributed by atoms with Gasteiger partial charge < -0.3 is 4.74 Å². The predicted molar refractivity (Wildman–Crippen MR) is 129 cm³/mol. The maximum absolute atomic E-state index is 12.2. The summed E-state index contributed by atoms with van der Waals surface area (Å²) in [6.45, 7) is 12.6. The van der Waals surface area contributed by atoms with E-state index in [9.17, 15) is 4.79 Å².